The maximum Gasteiger partial charge on any atom is 0.176 e. The van der Waals surface area contributed by atoms with Gasteiger partial charge >= 0.3 is 0 Å². The van der Waals surface area contributed by atoms with E-state index in [4.69, 9.17) is 0 Å². The molecule has 2 atom stereocenters. The molecule has 0 N–H and O–H groups in total. The number of rotatable bonds is 2. The van der Waals surface area contributed by atoms with E-state index in [2.05, 4.69) is 46.7 Å². The van der Waals surface area contributed by atoms with Crippen molar-refractivity contribution in [2.24, 2.45) is 5.92 Å². The highest BCUT2D eigenvalue weighted by molar-refractivity contribution is 7.12. The fourth-order valence-corrected chi connectivity index (χ4v) is 4.59. The Labute approximate surface area is 123 Å². The van der Waals surface area contributed by atoms with Gasteiger partial charge in [0.25, 0.3) is 0 Å². The highest BCUT2D eigenvalue weighted by Gasteiger charge is 2.43. The average Bonchev–Trinajstić information content (AvgIpc) is 3.05. The molecule has 1 aromatic carbocycles. The Morgan fingerprint density at radius 3 is 2.85 bits per heavy atom. The number of nitrogens with zero attached hydrogens (tertiary/aromatic N) is 1. The van der Waals surface area contributed by atoms with E-state index in [0.717, 1.165) is 30.9 Å². The van der Waals surface area contributed by atoms with Crippen molar-refractivity contribution in [3.8, 4) is 0 Å². The quantitative estimate of drug-likeness (QED) is 0.840. The fraction of sp³-hybridized carbons (Fsp3) is 0.353. The summed E-state index contributed by atoms with van der Waals surface area (Å²) in [6.45, 7) is 3.06. The van der Waals surface area contributed by atoms with Gasteiger partial charge in [0.05, 0.1) is 4.88 Å². The molecule has 0 saturated carbocycles. The molecular weight excluding hydrogens is 266 g/mol. The van der Waals surface area contributed by atoms with Crippen LogP contribution in [0.25, 0.3) is 0 Å². The molecule has 102 valence electrons. The third-order valence-electron chi connectivity index (χ3n) is 4.60. The Bertz CT molecular complexity index is 633. The summed E-state index contributed by atoms with van der Waals surface area (Å²) in [7, 11) is 0. The molecule has 2 nitrogen and oxygen atoms in total. The minimum absolute atomic E-state index is 0.254. The topological polar surface area (TPSA) is 20.3 Å². The van der Waals surface area contributed by atoms with Crippen molar-refractivity contribution in [2.45, 2.75) is 18.9 Å². The first-order valence-corrected chi connectivity index (χ1v) is 8.09. The van der Waals surface area contributed by atoms with Gasteiger partial charge < -0.3 is 0 Å². The molecule has 0 spiro atoms. The van der Waals surface area contributed by atoms with Gasteiger partial charge in [-0.15, -0.1) is 11.3 Å². The minimum atomic E-state index is 0.254. The van der Waals surface area contributed by atoms with E-state index in [1.807, 2.05) is 0 Å². The minimum Gasteiger partial charge on any atom is -0.298 e. The Morgan fingerprint density at radius 1 is 1.15 bits per heavy atom. The van der Waals surface area contributed by atoms with E-state index in [9.17, 15) is 4.79 Å². The van der Waals surface area contributed by atoms with E-state index < -0.39 is 0 Å². The van der Waals surface area contributed by atoms with Gasteiger partial charge in [-0.3, -0.25) is 9.69 Å². The van der Waals surface area contributed by atoms with Crippen LogP contribution in [0.5, 0.6) is 0 Å². The number of benzene rings is 1. The van der Waals surface area contributed by atoms with Crippen molar-refractivity contribution in [1.29, 1.82) is 0 Å². The van der Waals surface area contributed by atoms with Crippen LogP contribution < -0.4 is 0 Å². The molecule has 1 aliphatic carbocycles. The lowest BCUT2D eigenvalue weighted by atomic mass is 9.85. The summed E-state index contributed by atoms with van der Waals surface area (Å²) in [6.07, 6.45) is 1.01. The number of fused-ring (bicyclic) bond motifs is 3. The molecule has 2 unspecified atom stereocenters. The van der Waals surface area contributed by atoms with Crippen LogP contribution in [-0.2, 0) is 6.54 Å². The molecule has 1 saturated heterocycles. The smallest absolute Gasteiger partial charge is 0.176 e. The highest BCUT2D eigenvalue weighted by atomic mass is 32.1. The van der Waals surface area contributed by atoms with E-state index in [-0.39, 0.29) is 5.92 Å². The number of thiophene rings is 1. The van der Waals surface area contributed by atoms with Crippen LogP contribution in [0.3, 0.4) is 0 Å². The highest BCUT2D eigenvalue weighted by Crippen LogP contribution is 2.45. The number of ketones is 1. The Kier molecular flexibility index (Phi) is 2.97. The monoisotopic (exact) mass is 283 g/mol. The van der Waals surface area contributed by atoms with Crippen molar-refractivity contribution in [1.82, 2.24) is 4.90 Å². The molecule has 0 amide bonds. The number of carbonyl (C=O) groups excluding carboxylic acids is 1. The number of hydrogen-bond donors (Lipinski definition) is 0. The molecule has 0 bridgehead atoms. The predicted octanol–water partition coefficient (Wildman–Crippen LogP) is 3.55. The van der Waals surface area contributed by atoms with Gasteiger partial charge in [-0.1, -0.05) is 30.3 Å². The second-order valence-electron chi connectivity index (χ2n) is 5.79. The van der Waals surface area contributed by atoms with Crippen LogP contribution in [0.2, 0.25) is 0 Å². The van der Waals surface area contributed by atoms with Gasteiger partial charge in [0, 0.05) is 24.9 Å². The molecule has 2 aliphatic rings. The second-order valence-corrected chi connectivity index (χ2v) is 6.71. The van der Waals surface area contributed by atoms with Gasteiger partial charge in [-0.25, -0.2) is 0 Å². The maximum atomic E-state index is 12.3. The van der Waals surface area contributed by atoms with Gasteiger partial charge in [0.2, 0.25) is 0 Å². The maximum absolute atomic E-state index is 12.3. The largest absolute Gasteiger partial charge is 0.298 e. The summed E-state index contributed by atoms with van der Waals surface area (Å²) in [6, 6.07) is 12.8. The molecule has 3 heteroatoms. The van der Waals surface area contributed by atoms with Gasteiger partial charge in [0.1, 0.15) is 0 Å². The molecule has 4 rings (SSSR count). The van der Waals surface area contributed by atoms with Crippen molar-refractivity contribution in [3.63, 3.8) is 0 Å². The first kappa shape index (κ1) is 12.3. The summed E-state index contributed by atoms with van der Waals surface area (Å²) in [5.41, 5.74) is 2.67. The fourth-order valence-electron chi connectivity index (χ4n) is 3.61. The molecule has 1 aromatic heterocycles. The zero-order valence-electron chi connectivity index (χ0n) is 11.3. The number of hydrogen-bond acceptors (Lipinski definition) is 3. The first-order valence-electron chi connectivity index (χ1n) is 7.21. The SMILES string of the molecule is O=C1c2sccc2C2CN(Cc3ccccc3)CCC12. The van der Waals surface area contributed by atoms with Crippen LogP contribution in [-0.4, -0.2) is 23.8 Å². The van der Waals surface area contributed by atoms with Crippen LogP contribution >= 0.6 is 11.3 Å². The lowest BCUT2D eigenvalue weighted by Gasteiger charge is -2.34. The number of carbonyl (C=O) groups is 1. The van der Waals surface area contributed by atoms with E-state index in [0.29, 0.717) is 11.7 Å². The van der Waals surface area contributed by atoms with Crippen molar-refractivity contribution in [3.05, 3.63) is 57.8 Å². The first-order chi connectivity index (χ1) is 9.83. The molecule has 20 heavy (non-hydrogen) atoms. The third-order valence-corrected chi connectivity index (χ3v) is 5.55. The number of Topliss-reactive ketones (excluding diaryl/α,β-unsaturated/α-hetero) is 1. The summed E-state index contributed by atoms with van der Waals surface area (Å²) in [5, 5.41) is 2.06. The number of likely N-dealkylation sites (tertiary alicyclic amines) is 1. The van der Waals surface area contributed by atoms with Crippen LogP contribution in [0.15, 0.2) is 41.8 Å². The Balaban J connectivity index is 1.54. The van der Waals surface area contributed by atoms with Crippen LogP contribution in [0.4, 0.5) is 0 Å². The number of piperidine rings is 1. The van der Waals surface area contributed by atoms with Crippen molar-refractivity contribution >= 4 is 17.1 Å². The normalized spacial score (nSPS) is 25.5. The van der Waals surface area contributed by atoms with E-state index >= 15 is 0 Å². The van der Waals surface area contributed by atoms with Crippen molar-refractivity contribution in [2.75, 3.05) is 13.1 Å². The van der Waals surface area contributed by atoms with E-state index in [1.54, 1.807) is 11.3 Å². The summed E-state index contributed by atoms with van der Waals surface area (Å²) >= 11 is 1.62. The van der Waals surface area contributed by atoms with Crippen LogP contribution in [0.1, 0.15) is 33.1 Å². The second kappa shape index (κ2) is 4.83. The average molecular weight is 283 g/mol. The zero-order chi connectivity index (χ0) is 13.5. The van der Waals surface area contributed by atoms with Gasteiger partial charge in [0.15, 0.2) is 5.78 Å². The third kappa shape index (κ3) is 1.93. The zero-order valence-corrected chi connectivity index (χ0v) is 12.1. The van der Waals surface area contributed by atoms with Gasteiger partial charge in [-0.05, 0) is 35.5 Å². The van der Waals surface area contributed by atoms with Gasteiger partial charge in [-0.2, -0.15) is 0 Å². The lowest BCUT2D eigenvalue weighted by Crippen LogP contribution is -2.38. The van der Waals surface area contributed by atoms with E-state index in [1.165, 1.54) is 11.1 Å². The Morgan fingerprint density at radius 2 is 2.00 bits per heavy atom. The van der Waals surface area contributed by atoms with Crippen molar-refractivity contribution < 1.29 is 4.79 Å². The molecular formula is C17H17NOS. The summed E-state index contributed by atoms with van der Waals surface area (Å²) in [4.78, 5) is 15.9. The summed E-state index contributed by atoms with van der Waals surface area (Å²) < 4.78 is 0. The molecule has 2 heterocycles. The molecule has 1 fully saturated rings. The van der Waals surface area contributed by atoms with Crippen LogP contribution in [0, 0.1) is 5.92 Å². The Hall–Kier alpha value is -1.45. The lowest BCUT2D eigenvalue weighted by molar-refractivity contribution is 0.0837. The molecule has 2 aromatic rings. The summed E-state index contributed by atoms with van der Waals surface area (Å²) in [5.74, 6) is 1.09. The standard InChI is InChI=1S/C17H17NOS/c19-16-13-6-8-18(10-12-4-2-1-3-5-12)11-15(13)14-7-9-20-17(14)16/h1-5,7,9,13,15H,6,8,10-11H2. The molecule has 1 aliphatic heterocycles. The molecule has 0 radical (unpaired) electrons. The predicted molar refractivity (Wildman–Crippen MR) is 81.2 cm³/mol.